The van der Waals surface area contributed by atoms with Gasteiger partial charge in [0.25, 0.3) is 0 Å². The molecule has 366 valence electrons. The third-order valence-corrected chi connectivity index (χ3v) is 11.1. The van der Waals surface area contributed by atoms with Crippen LogP contribution in [-0.4, -0.2) is 37.2 Å². The van der Waals surface area contributed by atoms with Gasteiger partial charge in [0, 0.05) is 19.3 Å². The highest BCUT2D eigenvalue weighted by molar-refractivity contribution is 5.71. The Bertz CT molecular complexity index is 1250. The first-order valence-corrected chi connectivity index (χ1v) is 26.6. The number of hydrogen-bond acceptors (Lipinski definition) is 6. The summed E-state index contributed by atoms with van der Waals surface area (Å²) in [7, 11) is 0. The Kier molecular flexibility index (Phi) is 49.4. The summed E-state index contributed by atoms with van der Waals surface area (Å²) in [4.78, 5) is 38.0. The normalized spacial score (nSPS) is 12.7. The lowest BCUT2D eigenvalue weighted by Gasteiger charge is -2.18. The summed E-state index contributed by atoms with van der Waals surface area (Å²) in [6, 6.07) is 0. The van der Waals surface area contributed by atoms with Crippen LogP contribution in [0, 0.1) is 0 Å². The van der Waals surface area contributed by atoms with Crippen LogP contribution in [0.3, 0.4) is 0 Å². The molecule has 6 nitrogen and oxygen atoms in total. The van der Waals surface area contributed by atoms with Gasteiger partial charge in [0.15, 0.2) is 6.10 Å². The quantitative estimate of drug-likeness (QED) is 0.0262. The van der Waals surface area contributed by atoms with Crippen molar-refractivity contribution in [2.75, 3.05) is 13.2 Å². The number of rotatable bonds is 47. The third-order valence-electron chi connectivity index (χ3n) is 11.1. The van der Waals surface area contributed by atoms with Crippen molar-refractivity contribution in [3.8, 4) is 0 Å². The predicted molar refractivity (Wildman–Crippen MR) is 274 cm³/mol. The molecule has 64 heavy (non-hydrogen) atoms. The van der Waals surface area contributed by atoms with Gasteiger partial charge >= 0.3 is 17.9 Å². The lowest BCUT2D eigenvalue weighted by molar-refractivity contribution is -0.167. The fraction of sp³-hybridized carbons (Fsp3) is 0.707. The van der Waals surface area contributed by atoms with E-state index in [9.17, 15) is 14.4 Å². The topological polar surface area (TPSA) is 78.9 Å². The molecule has 0 bridgehead atoms. The molecule has 0 fully saturated rings. The minimum Gasteiger partial charge on any atom is -0.462 e. The highest BCUT2D eigenvalue weighted by Crippen LogP contribution is 2.14. The zero-order valence-corrected chi connectivity index (χ0v) is 41.8. The Labute approximate surface area is 395 Å². The number of esters is 3. The molecule has 0 aliphatic rings. The van der Waals surface area contributed by atoms with Crippen molar-refractivity contribution >= 4 is 17.9 Å². The number of hydrogen-bond donors (Lipinski definition) is 0. The van der Waals surface area contributed by atoms with Gasteiger partial charge in [-0.05, 0) is 116 Å². The standard InChI is InChI=1S/C58H98O6/c1-4-7-10-13-16-19-22-25-27-29-31-33-36-39-42-45-48-51-57(60)63-54-55(53-62-56(59)50-47-44-41-38-35-24-21-18-15-12-9-6-3)64-58(61)52-49-46-43-40-37-34-32-30-28-26-23-20-17-14-11-8-5-2/h9,12,16-21,25-28,35,38,55H,4-8,10-11,13-15,22-24,29-34,36-37,39-54H2,1-3H3/b12-9-,19-16-,20-17-,21-18-,27-25-,28-26-,38-35-. The number of carbonyl (C=O) groups is 3. The van der Waals surface area contributed by atoms with Crippen molar-refractivity contribution in [1.29, 1.82) is 0 Å². The van der Waals surface area contributed by atoms with Crippen LogP contribution in [-0.2, 0) is 28.6 Å². The van der Waals surface area contributed by atoms with E-state index >= 15 is 0 Å². The van der Waals surface area contributed by atoms with E-state index in [1.165, 1.54) is 103 Å². The summed E-state index contributed by atoms with van der Waals surface area (Å²) in [6.07, 6.45) is 67.1. The molecular formula is C58H98O6. The van der Waals surface area contributed by atoms with Crippen molar-refractivity contribution < 1.29 is 28.6 Å². The van der Waals surface area contributed by atoms with E-state index in [1.807, 2.05) is 0 Å². The van der Waals surface area contributed by atoms with Crippen LogP contribution in [0.1, 0.15) is 245 Å². The van der Waals surface area contributed by atoms with Crippen LogP contribution in [0.5, 0.6) is 0 Å². The first kappa shape index (κ1) is 60.6. The average molecular weight is 891 g/mol. The molecule has 0 N–H and O–H groups in total. The van der Waals surface area contributed by atoms with E-state index in [2.05, 4.69) is 106 Å². The predicted octanol–water partition coefficient (Wildman–Crippen LogP) is 17.6. The first-order valence-electron chi connectivity index (χ1n) is 26.6. The van der Waals surface area contributed by atoms with E-state index in [0.717, 1.165) is 103 Å². The monoisotopic (exact) mass is 891 g/mol. The first-order chi connectivity index (χ1) is 31.5. The highest BCUT2D eigenvalue weighted by Gasteiger charge is 2.19. The van der Waals surface area contributed by atoms with Gasteiger partial charge in [-0.15, -0.1) is 0 Å². The summed E-state index contributed by atoms with van der Waals surface area (Å²) >= 11 is 0. The molecule has 0 radical (unpaired) electrons. The van der Waals surface area contributed by atoms with Gasteiger partial charge < -0.3 is 14.2 Å². The number of ether oxygens (including phenoxy) is 3. The Morgan fingerprint density at radius 2 is 0.609 bits per heavy atom. The fourth-order valence-corrected chi connectivity index (χ4v) is 7.10. The average Bonchev–Trinajstić information content (AvgIpc) is 3.29. The third kappa shape index (κ3) is 49.6. The summed E-state index contributed by atoms with van der Waals surface area (Å²) in [5.74, 6) is -0.952. The molecule has 0 aliphatic carbocycles. The van der Waals surface area contributed by atoms with E-state index in [-0.39, 0.29) is 31.1 Å². The van der Waals surface area contributed by atoms with E-state index in [0.29, 0.717) is 19.3 Å². The van der Waals surface area contributed by atoms with Crippen LogP contribution in [0.2, 0.25) is 0 Å². The maximum atomic E-state index is 12.8. The molecule has 0 heterocycles. The van der Waals surface area contributed by atoms with Gasteiger partial charge in [0.05, 0.1) is 0 Å². The van der Waals surface area contributed by atoms with Gasteiger partial charge in [0.1, 0.15) is 13.2 Å². The smallest absolute Gasteiger partial charge is 0.306 e. The van der Waals surface area contributed by atoms with Gasteiger partial charge in [-0.25, -0.2) is 0 Å². The molecule has 0 amide bonds. The SMILES string of the molecule is CC/C=C\C/C=C\C/C=C\CCCCC(=O)OCC(COC(=O)CCCCCCCCC/C=C\C/C=C\CCCCC)OC(=O)CCCCCCCCC/C=C\C/C=C\CCCCC. The Morgan fingerprint density at radius 3 is 0.984 bits per heavy atom. The summed E-state index contributed by atoms with van der Waals surface area (Å²) in [5, 5.41) is 0. The fourth-order valence-electron chi connectivity index (χ4n) is 7.10. The van der Waals surface area contributed by atoms with Crippen molar-refractivity contribution in [3.05, 3.63) is 85.1 Å². The van der Waals surface area contributed by atoms with E-state index in [1.54, 1.807) is 0 Å². The van der Waals surface area contributed by atoms with Crippen molar-refractivity contribution in [1.82, 2.24) is 0 Å². The number of allylic oxidation sites excluding steroid dienone is 14. The second kappa shape index (κ2) is 52.2. The minimum absolute atomic E-state index is 0.0966. The Hall–Kier alpha value is -3.41. The zero-order valence-electron chi connectivity index (χ0n) is 41.8. The Morgan fingerprint density at radius 1 is 0.328 bits per heavy atom. The van der Waals surface area contributed by atoms with E-state index in [4.69, 9.17) is 14.2 Å². The largest absolute Gasteiger partial charge is 0.462 e. The van der Waals surface area contributed by atoms with Crippen LogP contribution >= 0.6 is 0 Å². The molecule has 0 aromatic heterocycles. The molecule has 0 spiro atoms. The molecule has 6 heteroatoms. The van der Waals surface area contributed by atoms with Gasteiger partial charge in [-0.3, -0.25) is 14.4 Å². The molecule has 0 rings (SSSR count). The molecule has 1 atom stereocenters. The van der Waals surface area contributed by atoms with Crippen LogP contribution in [0.15, 0.2) is 85.1 Å². The summed E-state index contributed by atoms with van der Waals surface area (Å²) in [6.45, 7) is 6.42. The van der Waals surface area contributed by atoms with Gasteiger partial charge in [0.2, 0.25) is 0 Å². The number of unbranched alkanes of at least 4 members (excludes halogenated alkanes) is 22. The van der Waals surface area contributed by atoms with Gasteiger partial charge in [-0.1, -0.05) is 196 Å². The zero-order chi connectivity index (χ0) is 46.5. The molecule has 0 aromatic rings. The second-order valence-corrected chi connectivity index (χ2v) is 17.4. The summed E-state index contributed by atoms with van der Waals surface area (Å²) in [5.41, 5.74) is 0. The lowest BCUT2D eigenvalue weighted by Crippen LogP contribution is -2.30. The van der Waals surface area contributed by atoms with E-state index < -0.39 is 6.10 Å². The molecule has 0 aliphatic heterocycles. The van der Waals surface area contributed by atoms with Crippen LogP contribution < -0.4 is 0 Å². The molecular weight excluding hydrogens is 793 g/mol. The van der Waals surface area contributed by atoms with Crippen molar-refractivity contribution in [2.45, 2.75) is 252 Å². The number of carbonyl (C=O) groups excluding carboxylic acids is 3. The minimum atomic E-state index is -0.799. The molecule has 1 unspecified atom stereocenters. The van der Waals surface area contributed by atoms with Crippen LogP contribution in [0.25, 0.3) is 0 Å². The molecule has 0 saturated heterocycles. The second-order valence-electron chi connectivity index (χ2n) is 17.4. The highest BCUT2D eigenvalue weighted by atomic mass is 16.6. The molecule has 0 aromatic carbocycles. The lowest BCUT2D eigenvalue weighted by atomic mass is 10.1. The maximum Gasteiger partial charge on any atom is 0.306 e. The van der Waals surface area contributed by atoms with Crippen molar-refractivity contribution in [2.24, 2.45) is 0 Å². The summed E-state index contributed by atoms with van der Waals surface area (Å²) < 4.78 is 16.8. The Balaban J connectivity index is 4.44. The van der Waals surface area contributed by atoms with Crippen LogP contribution in [0.4, 0.5) is 0 Å². The van der Waals surface area contributed by atoms with Crippen molar-refractivity contribution in [3.63, 3.8) is 0 Å². The molecule has 0 saturated carbocycles. The van der Waals surface area contributed by atoms with Gasteiger partial charge in [-0.2, -0.15) is 0 Å². The maximum absolute atomic E-state index is 12.8.